The fourth-order valence-electron chi connectivity index (χ4n) is 4.93. The maximum atomic E-state index is 13.1. The lowest BCUT2D eigenvalue weighted by Crippen LogP contribution is -2.49. The van der Waals surface area contributed by atoms with Crippen molar-refractivity contribution in [3.05, 3.63) is 24.3 Å². The molecule has 4 rings (SSSR count). The number of carbonyl (C=O) groups is 3. The van der Waals surface area contributed by atoms with Gasteiger partial charge in [0.2, 0.25) is 27.7 Å². The van der Waals surface area contributed by atoms with Crippen LogP contribution < -0.4 is 5.32 Å². The molecule has 2 aliphatic heterocycles. The smallest absolute Gasteiger partial charge is 0.248 e. The molecule has 0 bridgehead atoms. The Morgan fingerprint density at radius 3 is 2.12 bits per heavy atom. The van der Waals surface area contributed by atoms with Crippen LogP contribution in [0.2, 0.25) is 0 Å². The lowest BCUT2D eigenvalue weighted by Gasteiger charge is -2.25. The minimum atomic E-state index is -3.53. The zero-order valence-corrected chi connectivity index (χ0v) is 19.8. The molecule has 32 heavy (non-hydrogen) atoms. The highest BCUT2D eigenvalue weighted by molar-refractivity contribution is 7.98. The van der Waals surface area contributed by atoms with Crippen LogP contribution in [0, 0.1) is 11.8 Å². The van der Waals surface area contributed by atoms with Crippen LogP contribution in [-0.2, 0) is 24.4 Å². The van der Waals surface area contributed by atoms with Gasteiger partial charge in [-0.25, -0.2) is 8.42 Å². The minimum absolute atomic E-state index is 0.187. The average Bonchev–Trinajstić information content (AvgIpc) is 3.42. The monoisotopic (exact) mass is 479 g/mol. The number of benzene rings is 1. The van der Waals surface area contributed by atoms with E-state index in [-0.39, 0.29) is 28.5 Å². The number of nitrogens with one attached hydrogen (secondary N) is 1. The van der Waals surface area contributed by atoms with Crippen LogP contribution in [0.25, 0.3) is 0 Å². The van der Waals surface area contributed by atoms with Crippen molar-refractivity contribution in [3.63, 3.8) is 0 Å². The van der Waals surface area contributed by atoms with Gasteiger partial charge < -0.3 is 5.32 Å². The molecule has 1 N–H and O–H groups in total. The lowest BCUT2D eigenvalue weighted by atomic mass is 9.81. The molecule has 0 spiro atoms. The van der Waals surface area contributed by atoms with Crippen LogP contribution in [0.5, 0.6) is 0 Å². The lowest BCUT2D eigenvalue weighted by molar-refractivity contribution is -0.145. The van der Waals surface area contributed by atoms with Crippen LogP contribution in [0.4, 0.5) is 5.69 Å². The molecule has 3 fully saturated rings. The summed E-state index contributed by atoms with van der Waals surface area (Å²) in [7, 11) is -3.53. The van der Waals surface area contributed by atoms with E-state index in [0.717, 1.165) is 25.7 Å². The number of rotatable bonds is 7. The number of amides is 3. The van der Waals surface area contributed by atoms with Crippen molar-refractivity contribution in [2.45, 2.75) is 49.5 Å². The molecule has 174 valence electrons. The second-order valence-corrected chi connectivity index (χ2v) is 11.5. The fraction of sp³-hybridized carbons (Fsp3) is 0.591. The summed E-state index contributed by atoms with van der Waals surface area (Å²) in [6, 6.07) is 5.17. The summed E-state index contributed by atoms with van der Waals surface area (Å²) < 4.78 is 26.8. The van der Waals surface area contributed by atoms with E-state index in [4.69, 9.17) is 0 Å². The number of likely N-dealkylation sites (tertiary alicyclic amines) is 1. The summed E-state index contributed by atoms with van der Waals surface area (Å²) in [6.07, 6.45) is 6.81. The van der Waals surface area contributed by atoms with Gasteiger partial charge in [0.1, 0.15) is 6.04 Å². The van der Waals surface area contributed by atoms with Crippen molar-refractivity contribution in [1.29, 1.82) is 0 Å². The number of hydrogen-bond donors (Lipinski definition) is 1. The van der Waals surface area contributed by atoms with Crippen molar-refractivity contribution in [2.24, 2.45) is 11.8 Å². The Morgan fingerprint density at radius 1 is 1.03 bits per heavy atom. The molecule has 3 amide bonds. The first-order valence-corrected chi connectivity index (χ1v) is 13.9. The molecule has 1 aromatic rings. The third kappa shape index (κ3) is 4.32. The number of sulfonamides is 1. The van der Waals surface area contributed by atoms with Gasteiger partial charge >= 0.3 is 0 Å². The second-order valence-electron chi connectivity index (χ2n) is 8.64. The van der Waals surface area contributed by atoms with Gasteiger partial charge in [-0.2, -0.15) is 16.1 Å². The van der Waals surface area contributed by atoms with Crippen molar-refractivity contribution in [1.82, 2.24) is 9.21 Å². The summed E-state index contributed by atoms with van der Waals surface area (Å²) in [4.78, 5) is 40.3. The van der Waals surface area contributed by atoms with E-state index < -0.39 is 22.0 Å². The van der Waals surface area contributed by atoms with Gasteiger partial charge in [-0.15, -0.1) is 0 Å². The molecule has 1 saturated carbocycles. The maximum Gasteiger partial charge on any atom is 0.248 e. The van der Waals surface area contributed by atoms with Crippen LogP contribution in [0.15, 0.2) is 29.2 Å². The number of hydrogen-bond acceptors (Lipinski definition) is 6. The third-order valence-corrected chi connectivity index (χ3v) is 9.20. The molecule has 0 radical (unpaired) electrons. The van der Waals surface area contributed by atoms with Gasteiger partial charge in [0.25, 0.3) is 0 Å². The SMILES string of the molecule is CSC[C@@H](C(=O)Nc1ccc(S(=O)(=O)N2CCCC2)cc1)N1C(=O)[C@H]2CCCC[C@H]2C1=O. The number of carbonyl (C=O) groups excluding carboxylic acids is 3. The van der Waals surface area contributed by atoms with Gasteiger partial charge in [-0.1, -0.05) is 12.8 Å². The van der Waals surface area contributed by atoms with Crippen molar-refractivity contribution < 1.29 is 22.8 Å². The van der Waals surface area contributed by atoms with Crippen LogP contribution in [-0.4, -0.2) is 66.5 Å². The van der Waals surface area contributed by atoms with Crippen molar-refractivity contribution in [3.8, 4) is 0 Å². The Bertz CT molecular complexity index is 965. The van der Waals surface area contributed by atoms with Crippen molar-refractivity contribution >= 4 is 45.2 Å². The highest BCUT2D eigenvalue weighted by Gasteiger charge is 2.51. The second kappa shape index (κ2) is 9.52. The molecular weight excluding hydrogens is 450 g/mol. The average molecular weight is 480 g/mol. The zero-order valence-electron chi connectivity index (χ0n) is 18.2. The van der Waals surface area contributed by atoms with E-state index in [2.05, 4.69) is 5.32 Å². The largest absolute Gasteiger partial charge is 0.324 e. The molecule has 0 aromatic heterocycles. The number of fused-ring (bicyclic) bond motifs is 1. The predicted molar refractivity (Wildman–Crippen MR) is 123 cm³/mol. The van der Waals surface area contributed by atoms with E-state index in [1.807, 2.05) is 6.26 Å². The quantitative estimate of drug-likeness (QED) is 0.602. The normalized spacial score (nSPS) is 25.1. The number of imide groups is 1. The molecule has 3 aliphatic rings. The summed E-state index contributed by atoms with van der Waals surface area (Å²) in [5, 5.41) is 2.77. The molecule has 1 aromatic carbocycles. The Morgan fingerprint density at radius 2 is 1.59 bits per heavy atom. The fourth-order valence-corrected chi connectivity index (χ4v) is 7.07. The molecule has 1 aliphatic carbocycles. The predicted octanol–water partition coefficient (Wildman–Crippen LogP) is 2.32. The first kappa shape index (κ1) is 23.3. The van der Waals surface area contributed by atoms with Gasteiger partial charge in [-0.05, 0) is 56.2 Å². The van der Waals surface area contributed by atoms with E-state index in [0.29, 0.717) is 37.4 Å². The minimum Gasteiger partial charge on any atom is -0.324 e. The Hall–Kier alpha value is -1.91. The Labute approximate surface area is 193 Å². The Balaban J connectivity index is 1.49. The molecule has 2 heterocycles. The summed E-state index contributed by atoms with van der Waals surface area (Å²) in [6.45, 7) is 1.05. The summed E-state index contributed by atoms with van der Waals surface area (Å²) in [5.41, 5.74) is 0.429. The standard InChI is InChI=1S/C22H29N3O5S2/c1-31-14-19(25-21(27)17-6-2-3-7-18(17)22(25)28)20(26)23-15-8-10-16(11-9-15)32(29,30)24-12-4-5-13-24/h8-11,17-19H,2-7,12-14H2,1H3,(H,23,26)/t17-,18+,19-/m0/s1. The van der Waals surface area contributed by atoms with Gasteiger partial charge in [0.15, 0.2) is 0 Å². The van der Waals surface area contributed by atoms with Crippen molar-refractivity contribution in [2.75, 3.05) is 30.4 Å². The zero-order chi connectivity index (χ0) is 22.9. The van der Waals surface area contributed by atoms with Crippen LogP contribution >= 0.6 is 11.8 Å². The van der Waals surface area contributed by atoms with E-state index in [1.165, 1.54) is 33.1 Å². The number of nitrogens with zero attached hydrogens (tertiary/aromatic N) is 2. The Kier molecular flexibility index (Phi) is 6.92. The van der Waals surface area contributed by atoms with Gasteiger partial charge in [0.05, 0.1) is 16.7 Å². The first-order chi connectivity index (χ1) is 15.3. The maximum absolute atomic E-state index is 13.1. The number of anilines is 1. The molecule has 3 atom stereocenters. The van der Waals surface area contributed by atoms with E-state index >= 15 is 0 Å². The van der Waals surface area contributed by atoms with E-state index in [1.54, 1.807) is 12.1 Å². The highest BCUT2D eigenvalue weighted by atomic mass is 32.2. The van der Waals surface area contributed by atoms with Crippen LogP contribution in [0.3, 0.4) is 0 Å². The molecule has 2 saturated heterocycles. The highest BCUT2D eigenvalue weighted by Crippen LogP contribution is 2.39. The molecule has 10 heteroatoms. The summed E-state index contributed by atoms with van der Waals surface area (Å²) >= 11 is 1.40. The topological polar surface area (TPSA) is 104 Å². The molecular formula is C22H29N3O5S2. The summed E-state index contributed by atoms with van der Waals surface area (Å²) in [5.74, 6) is -1.20. The molecule has 8 nitrogen and oxygen atoms in total. The number of thioether (sulfide) groups is 1. The van der Waals surface area contributed by atoms with Gasteiger partial charge in [0, 0.05) is 24.5 Å². The first-order valence-electron chi connectivity index (χ1n) is 11.1. The van der Waals surface area contributed by atoms with Crippen LogP contribution in [0.1, 0.15) is 38.5 Å². The third-order valence-electron chi connectivity index (χ3n) is 6.64. The van der Waals surface area contributed by atoms with Gasteiger partial charge in [-0.3, -0.25) is 19.3 Å². The van der Waals surface area contributed by atoms with E-state index in [9.17, 15) is 22.8 Å². The molecule has 0 unspecified atom stereocenters.